The van der Waals surface area contributed by atoms with Crippen LogP contribution in [0.2, 0.25) is 0 Å². The van der Waals surface area contributed by atoms with Gasteiger partial charge in [-0.1, -0.05) is 15.9 Å². The lowest BCUT2D eigenvalue weighted by atomic mass is 10.3. The molecule has 4 nitrogen and oxygen atoms in total. The van der Waals surface area contributed by atoms with E-state index in [-0.39, 0.29) is 5.75 Å². The third kappa shape index (κ3) is 4.50. The number of aliphatic carboxylic acids is 1. The summed E-state index contributed by atoms with van der Waals surface area (Å²) in [7, 11) is 0. The first-order valence-electron chi connectivity index (χ1n) is 3.99. The second kappa shape index (κ2) is 6.19. The Kier molecular flexibility index (Phi) is 5.18. The minimum Gasteiger partial charge on any atom is -0.537 e. The van der Waals surface area contributed by atoms with Crippen LogP contribution in [0.4, 0.5) is 0 Å². The number of carbonyl (C=O) groups is 2. The lowest BCUT2D eigenvalue weighted by Gasteiger charge is -2.06. The van der Waals surface area contributed by atoms with Crippen molar-refractivity contribution in [2.75, 3.05) is 0 Å². The number of ether oxygens (including phenoxy) is 1. The van der Waals surface area contributed by atoms with Crippen LogP contribution in [-0.2, 0) is 9.59 Å². The van der Waals surface area contributed by atoms with Gasteiger partial charge in [0.2, 0.25) is 0 Å². The molecule has 17 heavy (non-hydrogen) atoms. The van der Waals surface area contributed by atoms with Crippen LogP contribution in [0.5, 0.6) is 5.75 Å². The fourth-order valence-corrected chi connectivity index (χ4v) is 3.27. The minimum atomic E-state index is -1.64. The number of carboxylic acids is 1. The Balaban J connectivity index is 2.94. The Morgan fingerprint density at radius 2 is 1.65 bits per heavy atom. The van der Waals surface area contributed by atoms with Crippen LogP contribution in [0, 0.1) is 11.8 Å². The van der Waals surface area contributed by atoms with Gasteiger partial charge in [0.15, 0.2) is 5.75 Å². The van der Waals surface area contributed by atoms with E-state index in [0.717, 1.165) is 4.47 Å². The number of hydrogen-bond donors (Lipinski definition) is 0. The molecule has 0 spiro atoms. The van der Waals surface area contributed by atoms with E-state index in [1.165, 1.54) is 0 Å². The summed E-state index contributed by atoms with van der Waals surface area (Å²) in [5.41, 5.74) is 0. The van der Waals surface area contributed by atoms with Crippen molar-refractivity contribution in [3.8, 4) is 17.6 Å². The first kappa shape index (κ1) is 14.2. The number of benzene rings is 1. The third-order valence-electron chi connectivity index (χ3n) is 1.42. The van der Waals surface area contributed by atoms with Crippen LogP contribution in [-0.4, -0.2) is 11.9 Å². The topological polar surface area (TPSA) is 66.4 Å². The highest BCUT2D eigenvalue weighted by Crippen LogP contribution is 2.36. The predicted octanol–water partition coefficient (Wildman–Crippen LogP) is 1.63. The van der Waals surface area contributed by atoms with Crippen molar-refractivity contribution >= 4 is 59.7 Å². The van der Waals surface area contributed by atoms with Gasteiger partial charge in [-0.25, -0.2) is 4.79 Å². The van der Waals surface area contributed by atoms with Gasteiger partial charge in [0.25, 0.3) is 0 Å². The van der Waals surface area contributed by atoms with Gasteiger partial charge in [-0.2, -0.15) is 0 Å². The molecule has 0 aliphatic carbocycles. The van der Waals surface area contributed by atoms with Crippen molar-refractivity contribution in [3.05, 3.63) is 25.6 Å². The maximum absolute atomic E-state index is 11.2. The van der Waals surface area contributed by atoms with E-state index >= 15 is 0 Å². The van der Waals surface area contributed by atoms with E-state index in [0.29, 0.717) is 8.95 Å². The normalized spacial score (nSPS) is 9.12. The molecule has 0 bridgehead atoms. The maximum Gasteiger partial charge on any atom is 0.390 e. The number of esters is 1. The second-order valence-corrected chi connectivity index (χ2v) is 5.25. The molecule has 0 heterocycles. The lowest BCUT2D eigenvalue weighted by molar-refractivity contribution is -0.295. The summed E-state index contributed by atoms with van der Waals surface area (Å²) in [4.78, 5) is 21.2. The molecule has 0 aliphatic rings. The number of carbonyl (C=O) groups excluding carboxylic acids is 2. The first-order valence-corrected chi connectivity index (χ1v) is 6.37. The van der Waals surface area contributed by atoms with Crippen LogP contribution in [0.15, 0.2) is 25.6 Å². The van der Waals surface area contributed by atoms with Gasteiger partial charge in [0, 0.05) is 10.4 Å². The summed E-state index contributed by atoms with van der Waals surface area (Å²) < 4.78 is 6.67. The van der Waals surface area contributed by atoms with Crippen molar-refractivity contribution in [2.24, 2.45) is 0 Å². The number of carboxylic acid groups (broad SMARTS) is 1. The summed E-state index contributed by atoms with van der Waals surface area (Å²) in [5, 5.41) is 10.0. The molecule has 1 aromatic rings. The maximum atomic E-state index is 11.2. The van der Waals surface area contributed by atoms with E-state index in [9.17, 15) is 14.7 Å². The molecule has 7 heteroatoms. The number of halogens is 3. The smallest absolute Gasteiger partial charge is 0.390 e. The zero-order valence-corrected chi connectivity index (χ0v) is 12.7. The number of hydrogen-bond acceptors (Lipinski definition) is 4. The van der Waals surface area contributed by atoms with E-state index in [4.69, 9.17) is 4.74 Å². The largest absolute Gasteiger partial charge is 0.537 e. The third-order valence-corrected chi connectivity index (χ3v) is 3.06. The van der Waals surface area contributed by atoms with Crippen molar-refractivity contribution < 1.29 is 19.4 Å². The molecule has 0 amide bonds. The Bertz CT molecular complexity index is 519. The lowest BCUT2D eigenvalue weighted by Crippen LogP contribution is -2.20. The predicted molar refractivity (Wildman–Crippen MR) is 68.0 cm³/mol. The minimum absolute atomic E-state index is 0.214. The molecule has 1 aromatic carbocycles. The average Bonchev–Trinajstić information content (AvgIpc) is 2.20. The highest BCUT2D eigenvalue weighted by atomic mass is 79.9. The Hall–Kier alpha value is -0.840. The van der Waals surface area contributed by atoms with Crippen LogP contribution >= 0.6 is 47.8 Å². The van der Waals surface area contributed by atoms with E-state index < -0.39 is 11.9 Å². The monoisotopic (exact) mass is 423 g/mol. The van der Waals surface area contributed by atoms with E-state index in [1.54, 1.807) is 24.0 Å². The van der Waals surface area contributed by atoms with Crippen molar-refractivity contribution in [3.63, 3.8) is 0 Å². The molecule has 0 aromatic heterocycles. The summed E-state index contributed by atoms with van der Waals surface area (Å²) in [5.74, 6) is 0.913. The van der Waals surface area contributed by atoms with E-state index in [1.807, 2.05) is 0 Å². The SMILES string of the molecule is O=C([O-])C#CC(=O)Oc1c(Br)cc(Br)cc1Br. The highest BCUT2D eigenvalue weighted by Gasteiger charge is 2.11. The molecule has 0 N–H and O–H groups in total. The average molecular weight is 426 g/mol. The van der Waals surface area contributed by atoms with Gasteiger partial charge < -0.3 is 14.6 Å². The fraction of sp³-hybridized carbons (Fsp3) is 0. The molecule has 88 valence electrons. The van der Waals surface area contributed by atoms with Gasteiger partial charge in [-0.15, -0.1) is 0 Å². The van der Waals surface area contributed by atoms with Crippen molar-refractivity contribution in [1.29, 1.82) is 0 Å². The molecule has 0 saturated carbocycles. The Morgan fingerprint density at radius 3 is 2.12 bits per heavy atom. The molecule has 0 fully saturated rings. The highest BCUT2D eigenvalue weighted by molar-refractivity contribution is 9.11. The van der Waals surface area contributed by atoms with Gasteiger partial charge in [0.1, 0.15) is 5.97 Å². The molecule has 0 saturated heterocycles. The zero-order chi connectivity index (χ0) is 13.0. The summed E-state index contributed by atoms with van der Waals surface area (Å²) >= 11 is 9.63. The summed E-state index contributed by atoms with van der Waals surface area (Å²) in [6.07, 6.45) is 0. The molecular weight excluding hydrogens is 424 g/mol. The van der Waals surface area contributed by atoms with Gasteiger partial charge in [-0.3, -0.25) is 0 Å². The van der Waals surface area contributed by atoms with Gasteiger partial charge in [-0.05, 0) is 49.9 Å². The fourth-order valence-electron chi connectivity index (χ4n) is 0.847. The van der Waals surface area contributed by atoms with Crippen LogP contribution in [0.25, 0.3) is 0 Å². The Labute approximate surface area is 122 Å². The quantitative estimate of drug-likeness (QED) is 0.297. The van der Waals surface area contributed by atoms with Gasteiger partial charge in [0.05, 0.1) is 8.95 Å². The molecule has 0 atom stereocenters. The summed E-state index contributed by atoms with van der Waals surface area (Å²) in [6.45, 7) is 0. The molecule has 0 aliphatic heterocycles. The summed E-state index contributed by atoms with van der Waals surface area (Å²) in [6, 6.07) is 3.33. The van der Waals surface area contributed by atoms with Crippen LogP contribution < -0.4 is 9.84 Å². The first-order chi connectivity index (χ1) is 7.90. The molecular formula is C10H2Br3O4-. The second-order valence-electron chi connectivity index (χ2n) is 2.63. The zero-order valence-electron chi connectivity index (χ0n) is 7.92. The Morgan fingerprint density at radius 1 is 1.12 bits per heavy atom. The van der Waals surface area contributed by atoms with Gasteiger partial charge >= 0.3 is 5.97 Å². The standard InChI is InChI=1S/C10H3Br3O4/c11-5-3-6(12)10(7(13)4-5)17-9(16)2-1-8(14)15/h3-4H,(H,14,15)/p-1. The molecule has 0 radical (unpaired) electrons. The van der Waals surface area contributed by atoms with Crippen LogP contribution in [0.1, 0.15) is 0 Å². The van der Waals surface area contributed by atoms with E-state index in [2.05, 4.69) is 47.8 Å². The van der Waals surface area contributed by atoms with Crippen molar-refractivity contribution in [2.45, 2.75) is 0 Å². The van der Waals surface area contributed by atoms with Crippen LogP contribution in [0.3, 0.4) is 0 Å². The number of rotatable bonds is 1. The molecule has 0 unspecified atom stereocenters. The van der Waals surface area contributed by atoms with Crippen molar-refractivity contribution in [1.82, 2.24) is 0 Å². The molecule has 1 rings (SSSR count).